The summed E-state index contributed by atoms with van der Waals surface area (Å²) in [6.45, 7) is 1.34. The molecule has 0 unspecified atom stereocenters. The van der Waals surface area contributed by atoms with E-state index < -0.39 is 0 Å². The molecule has 102 valence electrons. The molecular weight excluding hydrogens is 248 g/mol. The molecule has 0 saturated heterocycles. The first-order chi connectivity index (χ1) is 9.01. The molecule has 0 aliphatic heterocycles. The van der Waals surface area contributed by atoms with E-state index in [1.54, 1.807) is 24.3 Å². The van der Waals surface area contributed by atoms with Gasteiger partial charge >= 0.3 is 0 Å². The van der Waals surface area contributed by atoms with E-state index >= 15 is 0 Å². The fourth-order valence-electron chi connectivity index (χ4n) is 1.40. The lowest BCUT2D eigenvalue weighted by molar-refractivity contribution is -0.124. The summed E-state index contributed by atoms with van der Waals surface area (Å²) in [4.78, 5) is 33.4. The molecule has 1 aromatic rings. The van der Waals surface area contributed by atoms with Gasteiger partial charge in [-0.3, -0.25) is 14.4 Å². The van der Waals surface area contributed by atoms with E-state index in [0.29, 0.717) is 11.4 Å². The van der Waals surface area contributed by atoms with Gasteiger partial charge in [0.15, 0.2) is 0 Å². The van der Waals surface area contributed by atoms with Crippen molar-refractivity contribution in [2.75, 3.05) is 24.4 Å². The van der Waals surface area contributed by atoms with Crippen molar-refractivity contribution in [1.29, 1.82) is 0 Å². The molecule has 0 aliphatic rings. The first-order valence-corrected chi connectivity index (χ1v) is 5.69. The predicted octanol–water partition coefficient (Wildman–Crippen LogP) is 1.19. The van der Waals surface area contributed by atoms with Gasteiger partial charge < -0.3 is 15.4 Å². The van der Waals surface area contributed by atoms with Crippen LogP contribution in [0.4, 0.5) is 11.4 Å². The van der Waals surface area contributed by atoms with Crippen molar-refractivity contribution in [2.45, 2.75) is 13.3 Å². The Morgan fingerprint density at radius 1 is 1.00 bits per heavy atom. The van der Waals surface area contributed by atoms with Gasteiger partial charge in [-0.05, 0) is 31.2 Å². The van der Waals surface area contributed by atoms with Crippen LogP contribution in [0, 0.1) is 0 Å². The van der Waals surface area contributed by atoms with Crippen molar-refractivity contribution in [2.24, 2.45) is 0 Å². The first-order valence-electron chi connectivity index (χ1n) is 5.69. The van der Waals surface area contributed by atoms with Gasteiger partial charge in [0.1, 0.15) is 12.4 Å². The lowest BCUT2D eigenvalue weighted by Crippen LogP contribution is -2.17. The van der Waals surface area contributed by atoms with E-state index in [-0.39, 0.29) is 30.6 Å². The monoisotopic (exact) mass is 264 g/mol. The third-order valence-corrected chi connectivity index (χ3v) is 2.14. The van der Waals surface area contributed by atoms with Crippen LogP contribution < -0.4 is 10.6 Å². The topological polar surface area (TPSA) is 84.5 Å². The van der Waals surface area contributed by atoms with Crippen LogP contribution in [0.15, 0.2) is 24.3 Å². The lowest BCUT2D eigenvalue weighted by atomic mass is 10.2. The van der Waals surface area contributed by atoms with Crippen LogP contribution in [-0.2, 0) is 19.1 Å². The van der Waals surface area contributed by atoms with Crippen molar-refractivity contribution in [3.8, 4) is 0 Å². The fourth-order valence-corrected chi connectivity index (χ4v) is 1.40. The maximum Gasteiger partial charge on any atom is 0.250 e. The number of carbonyl (C=O) groups is 3. The van der Waals surface area contributed by atoms with E-state index in [4.69, 9.17) is 0 Å². The van der Waals surface area contributed by atoms with E-state index in [0.717, 1.165) is 0 Å². The Hall–Kier alpha value is -2.21. The third-order valence-electron chi connectivity index (χ3n) is 2.14. The Morgan fingerprint density at radius 3 is 1.89 bits per heavy atom. The highest BCUT2D eigenvalue weighted by atomic mass is 16.5. The van der Waals surface area contributed by atoms with Crippen LogP contribution in [0.1, 0.15) is 13.3 Å². The van der Waals surface area contributed by atoms with Gasteiger partial charge in [-0.1, -0.05) is 0 Å². The number of amides is 2. The number of carbonyl (C=O) groups excluding carboxylic acids is 3. The Morgan fingerprint density at radius 2 is 1.47 bits per heavy atom. The van der Waals surface area contributed by atoms with Crippen LogP contribution in [0.25, 0.3) is 0 Å². The maximum absolute atomic E-state index is 11.4. The number of ether oxygens (including phenoxy) is 1. The molecule has 0 saturated carbocycles. The zero-order valence-electron chi connectivity index (χ0n) is 10.9. The summed E-state index contributed by atoms with van der Waals surface area (Å²) >= 11 is 0. The van der Waals surface area contributed by atoms with Crippen LogP contribution >= 0.6 is 0 Å². The van der Waals surface area contributed by atoms with E-state index in [1.165, 1.54) is 14.0 Å². The summed E-state index contributed by atoms with van der Waals surface area (Å²) < 4.78 is 4.69. The second-order valence-electron chi connectivity index (χ2n) is 3.99. The van der Waals surface area contributed by atoms with Crippen molar-refractivity contribution >= 4 is 29.0 Å². The number of ketones is 1. The Bertz CT molecular complexity index is 468. The van der Waals surface area contributed by atoms with Crippen LogP contribution in [0.3, 0.4) is 0 Å². The summed E-state index contributed by atoms with van der Waals surface area (Å²) in [7, 11) is 1.44. The van der Waals surface area contributed by atoms with Crippen molar-refractivity contribution in [3.05, 3.63) is 24.3 Å². The highest BCUT2D eigenvalue weighted by molar-refractivity contribution is 6.03. The number of rotatable bonds is 6. The molecule has 2 N–H and O–H groups in total. The average Bonchev–Trinajstić information content (AvgIpc) is 2.31. The van der Waals surface area contributed by atoms with E-state index in [1.807, 2.05) is 0 Å². The molecule has 0 aromatic heterocycles. The molecule has 0 fully saturated rings. The summed E-state index contributed by atoms with van der Waals surface area (Å²) in [6.07, 6.45) is -0.147. The van der Waals surface area contributed by atoms with Gasteiger partial charge in [0, 0.05) is 18.5 Å². The molecule has 6 nitrogen and oxygen atoms in total. The minimum atomic E-state index is -0.358. The Labute approximate surface area is 111 Å². The maximum atomic E-state index is 11.4. The summed E-state index contributed by atoms with van der Waals surface area (Å²) in [5.41, 5.74) is 1.17. The van der Waals surface area contributed by atoms with E-state index in [2.05, 4.69) is 15.4 Å². The van der Waals surface area contributed by atoms with Gasteiger partial charge in [0.25, 0.3) is 0 Å². The standard InChI is InChI=1S/C13H16N2O4/c1-9(16)7-12(17)14-10-3-5-11(6-4-10)15-13(18)8-19-2/h3-6H,7-8H2,1-2H3,(H,14,17)(H,15,18). The second kappa shape index (κ2) is 7.27. The van der Waals surface area contributed by atoms with Crippen molar-refractivity contribution < 1.29 is 19.1 Å². The summed E-state index contributed by atoms with van der Waals surface area (Å²) in [6, 6.07) is 6.58. The zero-order chi connectivity index (χ0) is 14.3. The average molecular weight is 264 g/mol. The van der Waals surface area contributed by atoms with Gasteiger partial charge in [0.05, 0.1) is 6.42 Å². The number of methoxy groups -OCH3 is 1. The molecule has 19 heavy (non-hydrogen) atoms. The van der Waals surface area contributed by atoms with E-state index in [9.17, 15) is 14.4 Å². The molecule has 0 spiro atoms. The number of hydrogen-bond acceptors (Lipinski definition) is 4. The quantitative estimate of drug-likeness (QED) is 0.756. The normalized spacial score (nSPS) is 9.79. The zero-order valence-corrected chi connectivity index (χ0v) is 10.9. The SMILES string of the molecule is COCC(=O)Nc1ccc(NC(=O)CC(C)=O)cc1. The minimum absolute atomic E-state index is 0.0168. The highest BCUT2D eigenvalue weighted by Crippen LogP contribution is 2.13. The number of benzene rings is 1. The largest absolute Gasteiger partial charge is 0.375 e. The molecule has 0 aliphatic carbocycles. The Balaban J connectivity index is 2.54. The third kappa shape index (κ3) is 5.78. The predicted molar refractivity (Wildman–Crippen MR) is 70.9 cm³/mol. The Kier molecular flexibility index (Phi) is 5.69. The minimum Gasteiger partial charge on any atom is -0.375 e. The number of Topliss-reactive ketones (excluding diaryl/α,β-unsaturated/α-hetero) is 1. The lowest BCUT2D eigenvalue weighted by Gasteiger charge is -2.07. The van der Waals surface area contributed by atoms with Gasteiger partial charge in [-0.25, -0.2) is 0 Å². The molecule has 1 aromatic carbocycles. The van der Waals surface area contributed by atoms with Gasteiger partial charge in [0.2, 0.25) is 11.8 Å². The highest BCUT2D eigenvalue weighted by Gasteiger charge is 2.06. The molecule has 0 atom stereocenters. The van der Waals surface area contributed by atoms with Crippen molar-refractivity contribution in [3.63, 3.8) is 0 Å². The van der Waals surface area contributed by atoms with Gasteiger partial charge in [-0.15, -0.1) is 0 Å². The van der Waals surface area contributed by atoms with Crippen LogP contribution in [-0.4, -0.2) is 31.3 Å². The molecule has 2 amide bonds. The van der Waals surface area contributed by atoms with Crippen LogP contribution in [0.2, 0.25) is 0 Å². The number of hydrogen-bond donors (Lipinski definition) is 2. The number of nitrogens with one attached hydrogen (secondary N) is 2. The molecule has 1 rings (SSSR count). The summed E-state index contributed by atoms with van der Waals surface area (Å²) in [5, 5.41) is 5.21. The number of anilines is 2. The first kappa shape index (κ1) is 14.8. The molecular formula is C13H16N2O4. The molecule has 6 heteroatoms. The summed E-state index contributed by atoms with van der Waals surface area (Å²) in [5.74, 6) is -0.805. The smallest absolute Gasteiger partial charge is 0.250 e. The molecule has 0 radical (unpaired) electrons. The van der Waals surface area contributed by atoms with Crippen molar-refractivity contribution in [1.82, 2.24) is 0 Å². The van der Waals surface area contributed by atoms with Gasteiger partial charge in [-0.2, -0.15) is 0 Å². The fraction of sp³-hybridized carbons (Fsp3) is 0.308. The van der Waals surface area contributed by atoms with Crippen LogP contribution in [0.5, 0.6) is 0 Å². The second-order valence-corrected chi connectivity index (χ2v) is 3.99. The molecule has 0 heterocycles. The molecule has 0 bridgehead atoms.